The van der Waals surface area contributed by atoms with Crippen molar-refractivity contribution in [3.05, 3.63) is 44.8 Å². The highest BCUT2D eigenvalue weighted by molar-refractivity contribution is 7.11. The molecular weight excluding hydrogens is 246 g/mol. The van der Waals surface area contributed by atoms with E-state index in [0.717, 1.165) is 0 Å². The van der Waals surface area contributed by atoms with Crippen molar-refractivity contribution in [1.82, 2.24) is 5.32 Å². The van der Waals surface area contributed by atoms with Gasteiger partial charge in [-0.05, 0) is 35.7 Å². The first-order valence-corrected chi connectivity index (χ1v) is 8.02. The second kappa shape index (κ2) is 5.34. The van der Waals surface area contributed by atoms with Gasteiger partial charge >= 0.3 is 0 Å². The Morgan fingerprint density at radius 3 is 2.06 bits per heavy atom. The highest BCUT2D eigenvalue weighted by atomic mass is 32.1. The summed E-state index contributed by atoms with van der Waals surface area (Å²) in [4.78, 5) is 2.89. The van der Waals surface area contributed by atoms with Gasteiger partial charge in [-0.3, -0.25) is 0 Å². The quantitative estimate of drug-likeness (QED) is 0.860. The third-order valence-corrected chi connectivity index (χ3v) is 5.29. The summed E-state index contributed by atoms with van der Waals surface area (Å²) in [5.74, 6) is 0. The van der Waals surface area contributed by atoms with E-state index in [2.05, 4.69) is 40.3 Å². The lowest BCUT2D eigenvalue weighted by atomic mass is 10.1. The SMILES string of the molecule is c1csc(C(NC2CCCC2)c2cccs2)c1. The second-order valence-corrected chi connectivity index (χ2v) is 6.57. The third-order valence-electron chi connectivity index (χ3n) is 3.41. The monoisotopic (exact) mass is 263 g/mol. The van der Waals surface area contributed by atoms with Crippen LogP contribution in [0.15, 0.2) is 35.0 Å². The summed E-state index contributed by atoms with van der Waals surface area (Å²) >= 11 is 3.71. The maximum atomic E-state index is 3.84. The number of rotatable bonds is 4. The van der Waals surface area contributed by atoms with Crippen LogP contribution in [0, 0.1) is 0 Å². The molecule has 3 rings (SSSR count). The van der Waals surface area contributed by atoms with E-state index in [0.29, 0.717) is 12.1 Å². The summed E-state index contributed by atoms with van der Waals surface area (Å²) in [6.07, 6.45) is 5.46. The highest BCUT2D eigenvalue weighted by Crippen LogP contribution is 2.31. The minimum atomic E-state index is 0.415. The molecule has 0 aliphatic heterocycles. The summed E-state index contributed by atoms with van der Waals surface area (Å²) in [7, 11) is 0. The summed E-state index contributed by atoms with van der Waals surface area (Å²) in [6, 6.07) is 9.92. The first-order chi connectivity index (χ1) is 8.43. The number of thiophene rings is 2. The molecule has 2 aromatic heterocycles. The van der Waals surface area contributed by atoms with Gasteiger partial charge in [0.15, 0.2) is 0 Å². The molecule has 0 aromatic carbocycles. The lowest BCUT2D eigenvalue weighted by Crippen LogP contribution is -2.30. The molecule has 2 aromatic rings. The van der Waals surface area contributed by atoms with Crippen LogP contribution >= 0.6 is 22.7 Å². The van der Waals surface area contributed by atoms with Gasteiger partial charge < -0.3 is 5.32 Å². The molecule has 0 amide bonds. The average molecular weight is 263 g/mol. The number of nitrogens with one attached hydrogen (secondary N) is 1. The smallest absolute Gasteiger partial charge is 0.0766 e. The molecule has 1 fully saturated rings. The van der Waals surface area contributed by atoms with Crippen molar-refractivity contribution >= 4 is 22.7 Å². The van der Waals surface area contributed by atoms with E-state index in [9.17, 15) is 0 Å². The lowest BCUT2D eigenvalue weighted by molar-refractivity contribution is 0.487. The Balaban J connectivity index is 1.81. The Hall–Kier alpha value is -0.640. The van der Waals surface area contributed by atoms with Gasteiger partial charge in [-0.2, -0.15) is 0 Å². The van der Waals surface area contributed by atoms with Crippen LogP contribution in [0.2, 0.25) is 0 Å². The van der Waals surface area contributed by atoms with E-state index in [1.165, 1.54) is 35.4 Å². The Morgan fingerprint density at radius 2 is 1.59 bits per heavy atom. The molecule has 3 heteroatoms. The average Bonchev–Trinajstić information content (AvgIpc) is 3.09. The topological polar surface area (TPSA) is 12.0 Å². The second-order valence-electron chi connectivity index (χ2n) is 4.61. The van der Waals surface area contributed by atoms with Crippen molar-refractivity contribution in [2.24, 2.45) is 0 Å². The number of hydrogen-bond donors (Lipinski definition) is 1. The predicted octanol–water partition coefficient (Wildman–Crippen LogP) is 4.43. The fourth-order valence-corrected chi connectivity index (χ4v) is 4.22. The molecule has 1 nitrogen and oxygen atoms in total. The molecule has 0 radical (unpaired) electrons. The number of hydrogen-bond acceptors (Lipinski definition) is 3. The normalized spacial score (nSPS) is 17.0. The van der Waals surface area contributed by atoms with Crippen molar-refractivity contribution in [3.8, 4) is 0 Å². The highest BCUT2D eigenvalue weighted by Gasteiger charge is 2.22. The van der Waals surface area contributed by atoms with E-state index < -0.39 is 0 Å². The van der Waals surface area contributed by atoms with Crippen molar-refractivity contribution in [1.29, 1.82) is 0 Å². The minimum Gasteiger partial charge on any atom is -0.302 e. The molecule has 0 spiro atoms. The van der Waals surface area contributed by atoms with Gasteiger partial charge in [-0.25, -0.2) is 0 Å². The fourth-order valence-electron chi connectivity index (χ4n) is 2.54. The van der Waals surface area contributed by atoms with Crippen LogP contribution in [0.5, 0.6) is 0 Å². The van der Waals surface area contributed by atoms with Crippen molar-refractivity contribution in [2.45, 2.75) is 37.8 Å². The molecule has 17 heavy (non-hydrogen) atoms. The molecule has 1 aliphatic rings. The predicted molar refractivity (Wildman–Crippen MR) is 75.9 cm³/mol. The summed E-state index contributed by atoms with van der Waals surface area (Å²) in [6.45, 7) is 0. The van der Waals surface area contributed by atoms with Crippen molar-refractivity contribution < 1.29 is 0 Å². The zero-order valence-electron chi connectivity index (χ0n) is 9.76. The molecule has 2 heterocycles. The van der Waals surface area contributed by atoms with Crippen molar-refractivity contribution in [2.75, 3.05) is 0 Å². The zero-order chi connectivity index (χ0) is 11.5. The van der Waals surface area contributed by atoms with Crippen LogP contribution < -0.4 is 5.32 Å². The van der Waals surface area contributed by atoms with Crippen molar-refractivity contribution in [3.63, 3.8) is 0 Å². The van der Waals surface area contributed by atoms with Gasteiger partial charge in [0.25, 0.3) is 0 Å². The summed E-state index contributed by atoms with van der Waals surface area (Å²) in [5, 5.41) is 8.19. The summed E-state index contributed by atoms with van der Waals surface area (Å²) in [5.41, 5.74) is 0. The largest absolute Gasteiger partial charge is 0.302 e. The van der Waals surface area contributed by atoms with Crippen LogP contribution in [0.3, 0.4) is 0 Å². The molecule has 0 bridgehead atoms. The Morgan fingerprint density at radius 1 is 1.00 bits per heavy atom. The van der Waals surface area contributed by atoms with Crippen LogP contribution in [0.4, 0.5) is 0 Å². The fraction of sp³-hybridized carbons (Fsp3) is 0.429. The van der Waals surface area contributed by atoms with E-state index in [1.54, 1.807) is 0 Å². The Bertz CT molecular complexity index is 393. The van der Waals surface area contributed by atoms with Gasteiger partial charge in [-0.1, -0.05) is 25.0 Å². The Labute approximate surface area is 111 Å². The molecule has 1 N–H and O–H groups in total. The standard InChI is InChI=1S/C14H17NS2/c1-2-6-11(5-1)15-14(12-7-3-9-16-12)13-8-4-10-17-13/h3-4,7-11,14-15H,1-2,5-6H2. The molecule has 0 saturated heterocycles. The molecular formula is C14H17NS2. The molecule has 90 valence electrons. The van der Waals surface area contributed by atoms with Gasteiger partial charge in [0.05, 0.1) is 6.04 Å². The molecule has 1 aliphatic carbocycles. The lowest BCUT2D eigenvalue weighted by Gasteiger charge is -2.21. The third kappa shape index (κ3) is 2.62. The van der Waals surface area contributed by atoms with E-state index in [4.69, 9.17) is 0 Å². The van der Waals surface area contributed by atoms with Crippen LogP contribution in [-0.2, 0) is 0 Å². The van der Waals surface area contributed by atoms with E-state index in [-0.39, 0.29) is 0 Å². The first-order valence-electron chi connectivity index (χ1n) is 6.26. The first kappa shape index (κ1) is 11.5. The van der Waals surface area contributed by atoms with Gasteiger partial charge in [0.2, 0.25) is 0 Å². The maximum Gasteiger partial charge on any atom is 0.0766 e. The van der Waals surface area contributed by atoms with Gasteiger partial charge in [0.1, 0.15) is 0 Å². The van der Waals surface area contributed by atoms with E-state index >= 15 is 0 Å². The summed E-state index contributed by atoms with van der Waals surface area (Å²) < 4.78 is 0. The van der Waals surface area contributed by atoms with Crippen LogP contribution in [-0.4, -0.2) is 6.04 Å². The van der Waals surface area contributed by atoms with Gasteiger partial charge in [0, 0.05) is 15.8 Å². The van der Waals surface area contributed by atoms with Crippen LogP contribution in [0.1, 0.15) is 41.5 Å². The van der Waals surface area contributed by atoms with E-state index in [1.807, 2.05) is 22.7 Å². The molecule has 1 saturated carbocycles. The maximum absolute atomic E-state index is 3.84. The molecule has 0 unspecified atom stereocenters. The van der Waals surface area contributed by atoms with Gasteiger partial charge in [-0.15, -0.1) is 22.7 Å². The van der Waals surface area contributed by atoms with Crippen LogP contribution in [0.25, 0.3) is 0 Å². The molecule has 0 atom stereocenters. The minimum absolute atomic E-state index is 0.415. The Kier molecular flexibility index (Phi) is 3.60. The zero-order valence-corrected chi connectivity index (χ0v) is 11.4.